The Bertz CT molecular complexity index is 830. The number of phenols is 1. The molecule has 3 heteroatoms. The molecule has 1 unspecified atom stereocenters. The SMILES string of the molecule is CN1c2ccccc2SC1c1ccc2ccccc2c1O. The van der Waals surface area contributed by atoms with Crippen molar-refractivity contribution < 1.29 is 5.11 Å². The van der Waals surface area contributed by atoms with Gasteiger partial charge in [0, 0.05) is 22.9 Å². The first-order valence-electron chi connectivity index (χ1n) is 6.95. The number of thioether (sulfide) groups is 1. The van der Waals surface area contributed by atoms with Gasteiger partial charge in [0.1, 0.15) is 11.1 Å². The van der Waals surface area contributed by atoms with Gasteiger partial charge in [-0.05, 0) is 17.5 Å². The van der Waals surface area contributed by atoms with E-state index in [1.54, 1.807) is 11.8 Å². The molecule has 1 heterocycles. The molecule has 3 aromatic rings. The van der Waals surface area contributed by atoms with Crippen LogP contribution in [-0.4, -0.2) is 12.2 Å². The second-order valence-electron chi connectivity index (χ2n) is 5.27. The Morgan fingerprint density at radius 3 is 2.57 bits per heavy atom. The van der Waals surface area contributed by atoms with Crippen molar-refractivity contribution in [2.75, 3.05) is 11.9 Å². The van der Waals surface area contributed by atoms with Crippen molar-refractivity contribution in [3.05, 3.63) is 66.2 Å². The van der Waals surface area contributed by atoms with E-state index in [1.165, 1.54) is 10.6 Å². The summed E-state index contributed by atoms with van der Waals surface area (Å²) in [6, 6.07) is 20.5. The summed E-state index contributed by atoms with van der Waals surface area (Å²) in [5.74, 6) is 0.394. The first kappa shape index (κ1) is 12.6. The predicted octanol–water partition coefficient (Wildman–Crippen LogP) is 4.79. The van der Waals surface area contributed by atoms with Gasteiger partial charge in [0.2, 0.25) is 0 Å². The smallest absolute Gasteiger partial charge is 0.129 e. The Balaban J connectivity index is 1.84. The van der Waals surface area contributed by atoms with Crippen molar-refractivity contribution in [3.63, 3.8) is 0 Å². The van der Waals surface area contributed by atoms with Gasteiger partial charge in [-0.1, -0.05) is 60.3 Å². The van der Waals surface area contributed by atoms with Crippen LogP contribution in [0.1, 0.15) is 10.9 Å². The van der Waals surface area contributed by atoms with Gasteiger partial charge >= 0.3 is 0 Å². The second kappa shape index (κ2) is 4.71. The largest absolute Gasteiger partial charge is 0.507 e. The normalized spacial score (nSPS) is 17.2. The fraction of sp³-hybridized carbons (Fsp3) is 0.111. The van der Waals surface area contributed by atoms with E-state index in [1.807, 2.05) is 30.3 Å². The van der Waals surface area contributed by atoms with Crippen molar-refractivity contribution in [2.24, 2.45) is 0 Å². The molecule has 1 N–H and O–H groups in total. The van der Waals surface area contributed by atoms with Gasteiger partial charge in [0.15, 0.2) is 0 Å². The molecular weight excluding hydrogens is 278 g/mol. The maximum Gasteiger partial charge on any atom is 0.129 e. The van der Waals surface area contributed by atoms with Crippen molar-refractivity contribution in [2.45, 2.75) is 10.3 Å². The van der Waals surface area contributed by atoms with Crippen molar-refractivity contribution in [3.8, 4) is 5.75 Å². The minimum Gasteiger partial charge on any atom is -0.507 e. The number of hydrogen-bond donors (Lipinski definition) is 1. The lowest BCUT2D eigenvalue weighted by Crippen LogP contribution is -2.17. The summed E-state index contributed by atoms with van der Waals surface area (Å²) in [4.78, 5) is 3.49. The summed E-state index contributed by atoms with van der Waals surface area (Å²) in [5.41, 5.74) is 2.19. The van der Waals surface area contributed by atoms with Crippen LogP contribution in [0.25, 0.3) is 10.8 Å². The lowest BCUT2D eigenvalue weighted by Gasteiger charge is -2.23. The van der Waals surface area contributed by atoms with Gasteiger partial charge in [-0.25, -0.2) is 0 Å². The predicted molar refractivity (Wildman–Crippen MR) is 89.1 cm³/mol. The number of rotatable bonds is 1. The molecule has 0 spiro atoms. The van der Waals surface area contributed by atoms with Crippen LogP contribution in [0.3, 0.4) is 0 Å². The van der Waals surface area contributed by atoms with Gasteiger partial charge in [0.05, 0.1) is 5.69 Å². The Hall–Kier alpha value is -2.13. The van der Waals surface area contributed by atoms with E-state index < -0.39 is 0 Å². The molecule has 0 bridgehead atoms. The number of anilines is 1. The molecule has 0 saturated carbocycles. The highest BCUT2D eigenvalue weighted by Crippen LogP contribution is 2.52. The van der Waals surface area contributed by atoms with Gasteiger partial charge in [-0.3, -0.25) is 0 Å². The number of phenolic OH excluding ortho intramolecular Hbond substituents is 1. The van der Waals surface area contributed by atoms with E-state index in [0.717, 1.165) is 16.3 Å². The third-order valence-corrected chi connectivity index (χ3v) is 5.43. The summed E-state index contributed by atoms with van der Waals surface area (Å²) in [6.45, 7) is 0. The molecule has 0 fully saturated rings. The highest BCUT2D eigenvalue weighted by atomic mass is 32.2. The van der Waals surface area contributed by atoms with Crippen LogP contribution in [0.5, 0.6) is 5.75 Å². The molecule has 0 amide bonds. The first-order valence-corrected chi connectivity index (χ1v) is 7.83. The summed E-state index contributed by atoms with van der Waals surface area (Å²) < 4.78 is 0. The van der Waals surface area contributed by atoms with Crippen molar-refractivity contribution >= 4 is 28.2 Å². The van der Waals surface area contributed by atoms with Crippen LogP contribution >= 0.6 is 11.8 Å². The summed E-state index contributed by atoms with van der Waals surface area (Å²) in [7, 11) is 2.08. The molecule has 1 aliphatic heterocycles. The number of hydrogen-bond acceptors (Lipinski definition) is 3. The Morgan fingerprint density at radius 1 is 0.952 bits per heavy atom. The summed E-state index contributed by atoms with van der Waals surface area (Å²) in [6.07, 6.45) is 0. The standard InChI is InChI=1S/C18H15NOS/c1-19-15-8-4-5-9-16(15)21-18(19)14-11-10-12-6-2-3-7-13(12)17(14)20/h2-11,18,20H,1H3. The lowest BCUT2D eigenvalue weighted by molar-refractivity contribution is 0.474. The molecule has 0 aliphatic carbocycles. The molecule has 0 saturated heterocycles. The summed E-state index contributed by atoms with van der Waals surface area (Å²) in [5, 5.41) is 12.8. The fourth-order valence-corrected chi connectivity index (χ4v) is 4.24. The Morgan fingerprint density at radius 2 is 1.71 bits per heavy atom. The molecule has 1 atom stereocenters. The van der Waals surface area contributed by atoms with Crippen LogP contribution < -0.4 is 4.90 Å². The molecule has 21 heavy (non-hydrogen) atoms. The fourth-order valence-electron chi connectivity index (χ4n) is 2.92. The Labute approximate surface area is 128 Å². The van der Waals surface area contributed by atoms with Gasteiger partial charge in [-0.2, -0.15) is 0 Å². The maximum absolute atomic E-state index is 10.7. The zero-order valence-electron chi connectivity index (χ0n) is 11.7. The van der Waals surface area contributed by atoms with E-state index >= 15 is 0 Å². The Kier molecular flexibility index (Phi) is 2.82. The zero-order valence-corrected chi connectivity index (χ0v) is 12.5. The van der Waals surface area contributed by atoms with Crippen LogP contribution in [0, 0.1) is 0 Å². The zero-order chi connectivity index (χ0) is 14.4. The van der Waals surface area contributed by atoms with E-state index in [0.29, 0.717) is 5.75 Å². The molecule has 2 nitrogen and oxygen atoms in total. The van der Waals surface area contributed by atoms with Gasteiger partial charge in [0.25, 0.3) is 0 Å². The topological polar surface area (TPSA) is 23.5 Å². The highest BCUT2D eigenvalue weighted by Gasteiger charge is 2.30. The molecule has 104 valence electrons. The van der Waals surface area contributed by atoms with Gasteiger partial charge in [-0.15, -0.1) is 0 Å². The number of nitrogens with zero attached hydrogens (tertiary/aromatic N) is 1. The molecule has 4 rings (SSSR count). The monoisotopic (exact) mass is 293 g/mol. The number of aromatic hydroxyl groups is 1. The molecule has 0 aromatic heterocycles. The average molecular weight is 293 g/mol. The molecule has 0 radical (unpaired) electrons. The lowest BCUT2D eigenvalue weighted by atomic mass is 10.0. The van der Waals surface area contributed by atoms with E-state index in [9.17, 15) is 5.11 Å². The molecule has 3 aromatic carbocycles. The number of fused-ring (bicyclic) bond motifs is 2. The van der Waals surface area contributed by atoms with Crippen LogP contribution in [-0.2, 0) is 0 Å². The van der Waals surface area contributed by atoms with Crippen molar-refractivity contribution in [1.29, 1.82) is 0 Å². The maximum atomic E-state index is 10.7. The van der Waals surface area contributed by atoms with Crippen LogP contribution in [0.4, 0.5) is 5.69 Å². The first-order chi connectivity index (χ1) is 10.3. The number of para-hydroxylation sites is 1. The second-order valence-corrected chi connectivity index (χ2v) is 6.40. The van der Waals surface area contributed by atoms with Crippen LogP contribution in [0.15, 0.2) is 65.6 Å². The minimum absolute atomic E-state index is 0.118. The quantitative estimate of drug-likeness (QED) is 0.698. The van der Waals surface area contributed by atoms with Gasteiger partial charge < -0.3 is 10.0 Å². The third kappa shape index (κ3) is 1.88. The third-order valence-electron chi connectivity index (χ3n) is 4.03. The number of benzene rings is 3. The average Bonchev–Trinajstić information content (AvgIpc) is 2.85. The summed E-state index contributed by atoms with van der Waals surface area (Å²) >= 11 is 1.79. The van der Waals surface area contributed by atoms with Crippen molar-refractivity contribution in [1.82, 2.24) is 0 Å². The molecular formula is C18H15NOS. The molecule has 1 aliphatic rings. The van der Waals surface area contributed by atoms with Crippen LogP contribution in [0.2, 0.25) is 0 Å². The van der Waals surface area contributed by atoms with E-state index in [-0.39, 0.29) is 5.37 Å². The van der Waals surface area contributed by atoms with E-state index in [2.05, 4.69) is 42.3 Å². The minimum atomic E-state index is 0.118. The highest BCUT2D eigenvalue weighted by molar-refractivity contribution is 8.00. The van der Waals surface area contributed by atoms with E-state index in [4.69, 9.17) is 0 Å².